The predicted molar refractivity (Wildman–Crippen MR) is 125 cm³/mol. The molecule has 0 radical (unpaired) electrons. The van der Waals surface area contributed by atoms with E-state index in [9.17, 15) is 74.6 Å². The van der Waals surface area contributed by atoms with Crippen LogP contribution < -0.4 is 0 Å². The van der Waals surface area contributed by atoms with E-state index in [1.54, 1.807) is 0 Å². The fraction of sp³-hybridized carbons (Fsp3) is 1.00. The molecule has 0 heterocycles. The van der Waals surface area contributed by atoms with E-state index in [0.29, 0.717) is 24.1 Å². The Labute approximate surface area is 243 Å². The molecule has 0 unspecified atom stereocenters. The van der Waals surface area contributed by atoms with Crippen molar-refractivity contribution in [1.29, 1.82) is 0 Å². The van der Waals surface area contributed by atoms with Gasteiger partial charge < -0.3 is 9.22 Å². The fourth-order valence-electron chi connectivity index (χ4n) is 4.17. The minimum Gasteiger partial charge on any atom is -0.332 e. The second-order valence-electron chi connectivity index (χ2n) is 10.7. The molecule has 0 fully saturated rings. The molecule has 2 nitrogen and oxygen atoms in total. The van der Waals surface area contributed by atoms with E-state index >= 15 is 0 Å². The van der Waals surface area contributed by atoms with Gasteiger partial charge in [0.1, 0.15) is 0 Å². The molecule has 0 rings (SSSR count). The standard InChI is InChI=1S/C25H37F17NO/c1-4-7-13-43(14-8-5-2,15-9-6-3)17-44-16-11-10-12-18(26,27)19(28,29)20(30,31)21(32,33)22(34,35)23(36,37)24(38,39)25(40,41)42/h4-17H2,1-3H3/q+1. The predicted octanol–water partition coefficient (Wildman–Crippen LogP) is 10.4. The first kappa shape index (κ1) is 42.7. The number of quaternary nitrogens is 1. The number of hydrogen-bond acceptors (Lipinski definition) is 1. The molecule has 0 saturated carbocycles. The minimum absolute atomic E-state index is 0.0582. The van der Waals surface area contributed by atoms with Crippen molar-refractivity contribution in [2.75, 3.05) is 33.0 Å². The summed E-state index contributed by atoms with van der Waals surface area (Å²) in [6.45, 7) is 7.51. The molecule has 0 bridgehead atoms. The van der Waals surface area contributed by atoms with Crippen molar-refractivity contribution in [3.63, 3.8) is 0 Å². The highest BCUT2D eigenvalue weighted by molar-refractivity contribution is 5.15. The summed E-state index contributed by atoms with van der Waals surface area (Å²) >= 11 is 0. The Morgan fingerprint density at radius 1 is 0.432 bits per heavy atom. The van der Waals surface area contributed by atoms with E-state index in [1.807, 2.05) is 20.8 Å². The highest BCUT2D eigenvalue weighted by Gasteiger charge is 2.95. The Hall–Kier alpha value is -1.27. The Morgan fingerprint density at radius 2 is 0.773 bits per heavy atom. The number of unbranched alkanes of at least 4 members (excludes halogenated alkanes) is 4. The maximum Gasteiger partial charge on any atom is 0.460 e. The Morgan fingerprint density at radius 3 is 1.11 bits per heavy atom. The molecule has 0 spiro atoms. The third kappa shape index (κ3) is 8.35. The summed E-state index contributed by atoms with van der Waals surface area (Å²) in [5.41, 5.74) is 0. The average molecular weight is 691 g/mol. The van der Waals surface area contributed by atoms with Crippen molar-refractivity contribution >= 4 is 0 Å². The first-order valence-corrected chi connectivity index (χ1v) is 13.8. The summed E-state index contributed by atoms with van der Waals surface area (Å²) in [4.78, 5) is 0. The molecular formula is C25H37F17NO+. The molecule has 44 heavy (non-hydrogen) atoms. The van der Waals surface area contributed by atoms with Crippen LogP contribution in [0.15, 0.2) is 0 Å². The van der Waals surface area contributed by atoms with Gasteiger partial charge >= 0.3 is 47.6 Å². The van der Waals surface area contributed by atoms with Crippen LogP contribution in [0.25, 0.3) is 0 Å². The van der Waals surface area contributed by atoms with Crippen molar-refractivity contribution in [3.8, 4) is 0 Å². The first-order valence-electron chi connectivity index (χ1n) is 13.8. The second-order valence-corrected chi connectivity index (χ2v) is 10.7. The van der Waals surface area contributed by atoms with Gasteiger partial charge in [-0.1, -0.05) is 40.0 Å². The maximum absolute atomic E-state index is 14.1. The lowest BCUT2D eigenvalue weighted by molar-refractivity contribution is -0.946. The minimum atomic E-state index is -8.60. The number of alkyl halides is 17. The van der Waals surface area contributed by atoms with Gasteiger partial charge in [0.2, 0.25) is 0 Å². The van der Waals surface area contributed by atoms with E-state index < -0.39 is 73.5 Å². The Kier molecular flexibility index (Phi) is 14.7. The van der Waals surface area contributed by atoms with E-state index in [-0.39, 0.29) is 6.73 Å². The lowest BCUT2D eigenvalue weighted by atomic mass is 9.88. The van der Waals surface area contributed by atoms with Crippen LogP contribution in [0, 0.1) is 0 Å². The normalized spacial score (nSPS) is 15.3. The zero-order valence-corrected chi connectivity index (χ0v) is 24.2. The van der Waals surface area contributed by atoms with Crippen molar-refractivity contribution in [2.45, 2.75) is 126 Å². The van der Waals surface area contributed by atoms with Crippen molar-refractivity contribution in [1.82, 2.24) is 0 Å². The molecule has 0 aliphatic rings. The number of halogens is 17. The molecular weight excluding hydrogens is 653 g/mol. The molecule has 0 saturated heterocycles. The summed E-state index contributed by atoms with van der Waals surface area (Å²) in [6.07, 6.45) is -7.03. The lowest BCUT2D eigenvalue weighted by Crippen LogP contribution is -2.74. The van der Waals surface area contributed by atoms with Crippen molar-refractivity contribution in [3.05, 3.63) is 0 Å². The van der Waals surface area contributed by atoms with Crippen LogP contribution in [0.2, 0.25) is 0 Å². The topological polar surface area (TPSA) is 9.23 Å². The zero-order valence-electron chi connectivity index (χ0n) is 24.2. The number of rotatable bonds is 22. The van der Waals surface area contributed by atoms with E-state index in [0.717, 1.165) is 38.5 Å². The van der Waals surface area contributed by atoms with Gasteiger partial charge in [0.05, 0.1) is 26.2 Å². The van der Waals surface area contributed by atoms with Gasteiger partial charge in [-0.2, -0.15) is 74.6 Å². The van der Waals surface area contributed by atoms with Crippen LogP contribution in [0.1, 0.15) is 78.6 Å². The molecule has 0 aromatic rings. The van der Waals surface area contributed by atoms with Crippen LogP contribution in [-0.2, 0) is 4.74 Å². The number of hydrogen-bond donors (Lipinski definition) is 0. The molecule has 0 amide bonds. The fourth-order valence-corrected chi connectivity index (χ4v) is 4.17. The Bertz CT molecular complexity index is 836. The maximum atomic E-state index is 14.1. The molecule has 0 aliphatic heterocycles. The third-order valence-corrected chi connectivity index (χ3v) is 7.14. The molecule has 0 N–H and O–H groups in total. The van der Waals surface area contributed by atoms with Gasteiger partial charge in [0, 0.05) is 6.42 Å². The highest BCUT2D eigenvalue weighted by atomic mass is 19.4. The molecule has 19 heteroatoms. The van der Waals surface area contributed by atoms with Gasteiger partial charge in [-0.15, -0.1) is 0 Å². The third-order valence-electron chi connectivity index (χ3n) is 7.14. The summed E-state index contributed by atoms with van der Waals surface area (Å²) in [6, 6.07) is 0. The summed E-state index contributed by atoms with van der Waals surface area (Å²) in [5.74, 6) is -56.0. The molecule has 266 valence electrons. The number of ether oxygens (including phenoxy) is 1. The monoisotopic (exact) mass is 690 g/mol. The zero-order chi connectivity index (χ0) is 35.1. The van der Waals surface area contributed by atoms with Gasteiger partial charge in [0.15, 0.2) is 6.73 Å². The van der Waals surface area contributed by atoms with E-state index in [2.05, 4.69) is 0 Å². The Balaban J connectivity index is 5.75. The first-order chi connectivity index (χ1) is 19.6. The van der Waals surface area contributed by atoms with Crippen LogP contribution >= 0.6 is 0 Å². The second kappa shape index (κ2) is 15.1. The molecule has 0 aromatic heterocycles. The van der Waals surface area contributed by atoms with Crippen LogP contribution in [0.5, 0.6) is 0 Å². The summed E-state index contributed by atoms with van der Waals surface area (Å²) < 4.78 is 234. The van der Waals surface area contributed by atoms with E-state index in [4.69, 9.17) is 4.74 Å². The molecule has 0 aliphatic carbocycles. The summed E-state index contributed by atoms with van der Waals surface area (Å²) in [7, 11) is 0. The molecule has 0 atom stereocenters. The van der Waals surface area contributed by atoms with E-state index in [1.165, 1.54) is 0 Å². The van der Waals surface area contributed by atoms with Crippen LogP contribution in [0.4, 0.5) is 74.6 Å². The van der Waals surface area contributed by atoms with Gasteiger partial charge in [-0.25, -0.2) is 0 Å². The van der Waals surface area contributed by atoms with Gasteiger partial charge in [-0.3, -0.25) is 0 Å². The molecule has 0 aromatic carbocycles. The number of nitrogens with zero attached hydrogens (tertiary/aromatic N) is 1. The lowest BCUT2D eigenvalue weighted by Gasteiger charge is -2.42. The van der Waals surface area contributed by atoms with Gasteiger partial charge in [0.25, 0.3) is 0 Å². The summed E-state index contributed by atoms with van der Waals surface area (Å²) in [5, 5.41) is 0. The SMILES string of the molecule is CCCC[N+](CCCC)(CCCC)COCCCCC(F)(F)C(F)(F)C(F)(F)C(F)(F)C(F)(F)C(F)(F)C(F)(F)C(F)(F)F. The quantitative estimate of drug-likeness (QED) is 0.0476. The van der Waals surface area contributed by atoms with Crippen molar-refractivity contribution in [2.24, 2.45) is 0 Å². The van der Waals surface area contributed by atoms with Crippen molar-refractivity contribution < 1.29 is 83.9 Å². The van der Waals surface area contributed by atoms with Crippen LogP contribution in [0.3, 0.4) is 0 Å². The smallest absolute Gasteiger partial charge is 0.332 e. The highest BCUT2D eigenvalue weighted by Crippen LogP contribution is 2.64. The average Bonchev–Trinajstić information content (AvgIpc) is 2.89. The van der Waals surface area contributed by atoms with Gasteiger partial charge in [-0.05, 0) is 32.1 Å². The largest absolute Gasteiger partial charge is 0.460 e. The van der Waals surface area contributed by atoms with Crippen LogP contribution in [-0.4, -0.2) is 85.1 Å².